The molecule has 2 heterocycles. The van der Waals surface area contributed by atoms with Crippen LogP contribution in [0.25, 0.3) is 72.5 Å². The zero-order valence-electron chi connectivity index (χ0n) is 38.6. The van der Waals surface area contributed by atoms with Crippen molar-refractivity contribution >= 4 is 55.9 Å². The number of rotatable bonds is 11. The lowest BCUT2D eigenvalue weighted by Crippen LogP contribution is -2.09. The summed E-state index contributed by atoms with van der Waals surface area (Å²) in [5.41, 5.74) is 18.3. The number of benzene rings is 10. The van der Waals surface area contributed by atoms with Crippen LogP contribution in [-0.4, -0.2) is 14.5 Å². The molecule has 5 nitrogen and oxygen atoms in total. The minimum absolute atomic E-state index is 0.711. The summed E-state index contributed by atoms with van der Waals surface area (Å²) in [7, 11) is 0. The van der Waals surface area contributed by atoms with Crippen molar-refractivity contribution < 1.29 is 0 Å². The highest BCUT2D eigenvalue weighted by Gasteiger charge is 2.21. The molecule has 0 amide bonds. The fourth-order valence-corrected chi connectivity index (χ4v) is 9.75. The Hall–Kier alpha value is -9.32. The van der Waals surface area contributed by atoms with Crippen molar-refractivity contribution in [3.05, 3.63) is 272 Å². The summed E-state index contributed by atoms with van der Waals surface area (Å²) in [5, 5.41) is 2.33. The topological polar surface area (TPSA) is 37.2 Å². The van der Waals surface area contributed by atoms with Gasteiger partial charge < -0.3 is 14.4 Å². The second-order valence-electron chi connectivity index (χ2n) is 17.5. The van der Waals surface area contributed by atoms with Crippen LogP contribution >= 0.6 is 0 Å². The molecular weight excluding hydrogens is 851 g/mol. The van der Waals surface area contributed by atoms with Crippen LogP contribution in [-0.2, 0) is 0 Å². The predicted molar refractivity (Wildman–Crippen MR) is 292 cm³/mol. The molecule has 0 radical (unpaired) electrons. The lowest BCUT2D eigenvalue weighted by atomic mass is 9.97. The first-order valence-corrected chi connectivity index (χ1v) is 23.7. The molecule has 5 heteroatoms. The van der Waals surface area contributed by atoms with Gasteiger partial charge >= 0.3 is 0 Å². The molecule has 0 aliphatic carbocycles. The monoisotopic (exact) mass is 897 g/mol. The van der Waals surface area contributed by atoms with E-state index in [1.165, 1.54) is 0 Å². The highest BCUT2D eigenvalue weighted by molar-refractivity contribution is 6.12. The van der Waals surface area contributed by atoms with Crippen LogP contribution in [0.4, 0.5) is 34.1 Å². The predicted octanol–water partition coefficient (Wildman–Crippen LogP) is 17.5. The van der Waals surface area contributed by atoms with E-state index >= 15 is 0 Å². The van der Waals surface area contributed by atoms with Gasteiger partial charge in [-0.25, -0.2) is 9.97 Å². The highest BCUT2D eigenvalue weighted by Crippen LogP contribution is 2.43. The Labute approximate surface area is 408 Å². The van der Waals surface area contributed by atoms with Crippen molar-refractivity contribution in [3.63, 3.8) is 0 Å². The van der Waals surface area contributed by atoms with E-state index in [1.54, 1.807) is 0 Å². The van der Waals surface area contributed by atoms with Crippen molar-refractivity contribution in [2.24, 2.45) is 0 Å². The largest absolute Gasteiger partial charge is 0.310 e. The molecule has 0 saturated carbocycles. The van der Waals surface area contributed by atoms with E-state index in [-0.39, 0.29) is 0 Å². The van der Waals surface area contributed by atoms with Gasteiger partial charge in [-0.05, 0) is 127 Å². The Morgan fingerprint density at radius 3 is 1.19 bits per heavy atom. The minimum Gasteiger partial charge on any atom is -0.310 e. The SMILES string of the molecule is Cc1cc(-c2ccc(-n3c4ccc(N(c5ccccc5)c5ccccc5)cc4c4cc(N(c5ccccc5)c5ccccc5)ccc43)cc2)ccc1-c1cc(-c2ccccc2)nc(-c2ccccc2)n1. The van der Waals surface area contributed by atoms with Crippen LogP contribution in [0.5, 0.6) is 0 Å². The molecule has 0 bridgehead atoms. The first-order chi connectivity index (χ1) is 34.6. The number of hydrogen-bond acceptors (Lipinski definition) is 4. The number of hydrogen-bond donors (Lipinski definition) is 0. The quantitative estimate of drug-likeness (QED) is 0.130. The van der Waals surface area contributed by atoms with E-state index in [4.69, 9.17) is 9.97 Å². The first-order valence-electron chi connectivity index (χ1n) is 23.7. The number of nitrogens with zero attached hydrogens (tertiary/aromatic N) is 5. The maximum Gasteiger partial charge on any atom is 0.160 e. The number of fused-ring (bicyclic) bond motifs is 3. The summed E-state index contributed by atoms with van der Waals surface area (Å²) in [6.07, 6.45) is 0. The van der Waals surface area contributed by atoms with Gasteiger partial charge in [-0.3, -0.25) is 0 Å². The molecule has 0 aliphatic heterocycles. The van der Waals surface area contributed by atoms with Crippen LogP contribution < -0.4 is 9.80 Å². The van der Waals surface area contributed by atoms with E-state index in [2.05, 4.69) is 264 Å². The average Bonchev–Trinajstić information content (AvgIpc) is 3.75. The molecule has 0 saturated heterocycles. The maximum absolute atomic E-state index is 5.12. The molecule has 332 valence electrons. The number of anilines is 6. The zero-order chi connectivity index (χ0) is 46.8. The van der Waals surface area contributed by atoms with Gasteiger partial charge in [-0.15, -0.1) is 0 Å². The zero-order valence-corrected chi connectivity index (χ0v) is 38.6. The van der Waals surface area contributed by atoms with Crippen LogP contribution in [0, 0.1) is 6.92 Å². The Morgan fingerprint density at radius 1 is 0.314 bits per heavy atom. The Balaban J connectivity index is 0.964. The van der Waals surface area contributed by atoms with Gasteiger partial charge in [0.1, 0.15) is 0 Å². The van der Waals surface area contributed by atoms with Gasteiger partial charge in [0, 0.05) is 67.3 Å². The molecule has 12 rings (SSSR count). The Morgan fingerprint density at radius 2 is 0.729 bits per heavy atom. The molecule has 2 aromatic heterocycles. The molecular formula is C65H47N5. The highest BCUT2D eigenvalue weighted by atomic mass is 15.1. The third-order valence-corrected chi connectivity index (χ3v) is 13.1. The van der Waals surface area contributed by atoms with Crippen LogP contribution in [0.2, 0.25) is 0 Å². The summed E-state index contributed by atoms with van der Waals surface area (Å²) in [6, 6.07) is 94.6. The molecule has 0 fully saturated rings. The smallest absolute Gasteiger partial charge is 0.160 e. The first kappa shape index (κ1) is 42.1. The average molecular weight is 898 g/mol. The van der Waals surface area contributed by atoms with E-state index in [0.29, 0.717) is 5.82 Å². The van der Waals surface area contributed by atoms with Crippen LogP contribution in [0.15, 0.2) is 267 Å². The van der Waals surface area contributed by atoms with Crippen molar-refractivity contribution in [2.45, 2.75) is 6.92 Å². The summed E-state index contributed by atoms with van der Waals surface area (Å²) in [4.78, 5) is 14.8. The fraction of sp³-hybridized carbons (Fsp3) is 0.0154. The standard InChI is InChI=1S/C65H47N5/c1-46-42-50(34-39-58(46)62-45-61(48-20-8-2-9-21-48)66-65(67-62)49-22-10-3-11-23-49)47-32-35-55(36-33-47)70-63-40-37-56(68(51-24-12-4-13-25-51)52-26-14-5-15-27-52)43-59(63)60-44-57(38-41-64(60)70)69(53-28-16-6-17-29-53)54-30-18-7-19-31-54/h2-45H,1H3. The van der Waals surface area contributed by atoms with Crippen molar-refractivity contribution in [2.75, 3.05) is 9.80 Å². The number of aromatic nitrogens is 3. The van der Waals surface area contributed by atoms with Gasteiger partial charge in [0.15, 0.2) is 5.82 Å². The third kappa shape index (κ3) is 8.06. The van der Waals surface area contributed by atoms with Crippen molar-refractivity contribution in [3.8, 4) is 50.7 Å². The molecule has 0 atom stereocenters. The van der Waals surface area contributed by atoms with Crippen molar-refractivity contribution in [1.82, 2.24) is 14.5 Å². The molecule has 0 spiro atoms. The molecule has 0 N–H and O–H groups in total. The van der Waals surface area contributed by atoms with Crippen molar-refractivity contribution in [1.29, 1.82) is 0 Å². The molecule has 70 heavy (non-hydrogen) atoms. The second-order valence-corrected chi connectivity index (χ2v) is 17.5. The Kier molecular flexibility index (Phi) is 11.1. The second kappa shape index (κ2) is 18.4. The van der Waals surface area contributed by atoms with Gasteiger partial charge in [-0.2, -0.15) is 0 Å². The summed E-state index contributed by atoms with van der Waals surface area (Å²) >= 11 is 0. The van der Waals surface area contributed by atoms with E-state index in [0.717, 1.165) is 106 Å². The van der Waals surface area contributed by atoms with Crippen LogP contribution in [0.1, 0.15) is 5.56 Å². The molecule has 0 unspecified atom stereocenters. The van der Waals surface area contributed by atoms with E-state index < -0.39 is 0 Å². The van der Waals surface area contributed by atoms with E-state index in [9.17, 15) is 0 Å². The van der Waals surface area contributed by atoms with E-state index in [1.807, 2.05) is 24.3 Å². The lowest BCUT2D eigenvalue weighted by molar-refractivity contribution is 1.18. The van der Waals surface area contributed by atoms with Gasteiger partial charge in [-0.1, -0.05) is 164 Å². The fourth-order valence-electron chi connectivity index (χ4n) is 9.75. The lowest BCUT2D eigenvalue weighted by Gasteiger charge is -2.26. The van der Waals surface area contributed by atoms with Gasteiger partial charge in [0.2, 0.25) is 0 Å². The number of aryl methyl sites for hydroxylation is 1. The summed E-state index contributed by atoms with van der Waals surface area (Å²) < 4.78 is 2.41. The Bertz CT molecular complexity index is 3470. The van der Waals surface area contributed by atoms with Gasteiger partial charge in [0.05, 0.1) is 22.4 Å². The van der Waals surface area contributed by atoms with Gasteiger partial charge in [0.25, 0.3) is 0 Å². The molecule has 12 aromatic rings. The normalized spacial score (nSPS) is 11.2. The number of para-hydroxylation sites is 4. The van der Waals surface area contributed by atoms with Crippen LogP contribution in [0.3, 0.4) is 0 Å². The molecule has 10 aromatic carbocycles. The maximum atomic E-state index is 5.12. The third-order valence-electron chi connectivity index (χ3n) is 13.1. The summed E-state index contributed by atoms with van der Waals surface area (Å²) in [6.45, 7) is 2.17. The summed E-state index contributed by atoms with van der Waals surface area (Å²) in [5.74, 6) is 0.711. The molecule has 0 aliphatic rings. The minimum atomic E-state index is 0.711.